The van der Waals surface area contributed by atoms with Crippen molar-refractivity contribution in [3.63, 3.8) is 0 Å². The van der Waals surface area contributed by atoms with Gasteiger partial charge in [0.2, 0.25) is 15.9 Å². The molecule has 1 fully saturated rings. The van der Waals surface area contributed by atoms with Crippen LogP contribution in [0.15, 0.2) is 22.4 Å². The standard InChI is InChI=1S/C20H27N3O3S2/c1-13-10-15(3)19(11-14(13)2)28(25,26)23-9-5-6-18(23)20(24)21-8-7-17-12-27-16(4)22-17/h10-12,18H,5-9H2,1-4H3,(H,21,24). The maximum absolute atomic E-state index is 13.3. The summed E-state index contributed by atoms with van der Waals surface area (Å²) in [5.41, 5.74) is 3.66. The van der Waals surface area contributed by atoms with E-state index in [0.717, 1.165) is 21.8 Å². The van der Waals surface area contributed by atoms with Crippen molar-refractivity contribution in [3.8, 4) is 0 Å². The number of nitrogens with zero attached hydrogens (tertiary/aromatic N) is 2. The van der Waals surface area contributed by atoms with Crippen LogP contribution in [0.3, 0.4) is 0 Å². The first kappa shape index (κ1) is 21.0. The molecule has 6 nitrogen and oxygen atoms in total. The zero-order chi connectivity index (χ0) is 20.5. The van der Waals surface area contributed by atoms with Crippen LogP contribution in [0.25, 0.3) is 0 Å². The zero-order valence-corrected chi connectivity index (χ0v) is 18.4. The summed E-state index contributed by atoms with van der Waals surface area (Å²) in [6, 6.07) is 2.96. The van der Waals surface area contributed by atoms with Gasteiger partial charge < -0.3 is 5.32 Å². The third kappa shape index (κ3) is 4.29. The number of amides is 1. The fourth-order valence-corrected chi connectivity index (χ4v) is 6.18. The summed E-state index contributed by atoms with van der Waals surface area (Å²) < 4.78 is 27.9. The average Bonchev–Trinajstić information content (AvgIpc) is 3.27. The molecule has 3 rings (SSSR count). The Bertz CT molecular complexity index is 983. The van der Waals surface area contributed by atoms with E-state index in [9.17, 15) is 13.2 Å². The summed E-state index contributed by atoms with van der Waals surface area (Å²) in [5.74, 6) is -0.227. The van der Waals surface area contributed by atoms with Gasteiger partial charge in [0, 0.05) is 24.9 Å². The van der Waals surface area contributed by atoms with Crippen LogP contribution in [0.1, 0.15) is 40.2 Å². The highest BCUT2D eigenvalue weighted by molar-refractivity contribution is 7.89. The van der Waals surface area contributed by atoms with E-state index in [0.29, 0.717) is 42.8 Å². The molecule has 1 aromatic carbocycles. The lowest BCUT2D eigenvalue weighted by atomic mass is 10.1. The van der Waals surface area contributed by atoms with E-state index in [4.69, 9.17) is 0 Å². The Morgan fingerprint density at radius 3 is 2.61 bits per heavy atom. The fourth-order valence-electron chi connectivity index (χ4n) is 3.58. The maximum atomic E-state index is 13.3. The molecule has 0 bridgehead atoms. The number of aromatic nitrogens is 1. The number of rotatable bonds is 6. The van der Waals surface area contributed by atoms with Gasteiger partial charge in [-0.3, -0.25) is 4.79 Å². The van der Waals surface area contributed by atoms with Gasteiger partial charge in [0.15, 0.2) is 0 Å². The van der Waals surface area contributed by atoms with Crippen molar-refractivity contribution in [2.75, 3.05) is 13.1 Å². The smallest absolute Gasteiger partial charge is 0.244 e. The predicted molar refractivity (Wildman–Crippen MR) is 111 cm³/mol. The number of hydrogen-bond acceptors (Lipinski definition) is 5. The molecule has 1 amide bonds. The number of thiazole rings is 1. The number of benzene rings is 1. The van der Waals surface area contributed by atoms with Crippen molar-refractivity contribution in [2.24, 2.45) is 0 Å². The molecule has 1 aromatic heterocycles. The van der Waals surface area contributed by atoms with Gasteiger partial charge in [-0.05, 0) is 63.3 Å². The van der Waals surface area contributed by atoms with Crippen LogP contribution >= 0.6 is 11.3 Å². The molecule has 1 aliphatic heterocycles. The minimum absolute atomic E-state index is 0.227. The average molecular weight is 422 g/mol. The van der Waals surface area contributed by atoms with Gasteiger partial charge in [0.25, 0.3) is 0 Å². The predicted octanol–water partition coefficient (Wildman–Crippen LogP) is 2.89. The molecular weight excluding hydrogens is 394 g/mol. The van der Waals surface area contributed by atoms with Gasteiger partial charge >= 0.3 is 0 Å². The zero-order valence-electron chi connectivity index (χ0n) is 16.8. The molecule has 2 heterocycles. The summed E-state index contributed by atoms with van der Waals surface area (Å²) in [5, 5.41) is 5.87. The summed E-state index contributed by atoms with van der Waals surface area (Å²) in [7, 11) is -3.71. The number of carbonyl (C=O) groups is 1. The molecule has 0 radical (unpaired) electrons. The topological polar surface area (TPSA) is 79.4 Å². The van der Waals surface area contributed by atoms with Gasteiger partial charge in [-0.2, -0.15) is 4.31 Å². The second-order valence-corrected chi connectivity index (χ2v) is 10.3. The van der Waals surface area contributed by atoms with Gasteiger partial charge in [0.1, 0.15) is 6.04 Å². The molecule has 1 atom stereocenters. The molecule has 0 saturated carbocycles. The highest BCUT2D eigenvalue weighted by atomic mass is 32.2. The molecule has 0 aliphatic carbocycles. The van der Waals surface area contributed by atoms with Gasteiger partial charge in [-0.25, -0.2) is 13.4 Å². The molecule has 28 heavy (non-hydrogen) atoms. The van der Waals surface area contributed by atoms with Gasteiger partial charge in [0.05, 0.1) is 15.6 Å². The Morgan fingerprint density at radius 2 is 1.93 bits per heavy atom. The molecule has 1 aliphatic rings. The molecule has 1 N–H and O–H groups in total. The van der Waals surface area contributed by atoms with Crippen molar-refractivity contribution in [1.29, 1.82) is 0 Å². The number of aryl methyl sites for hydroxylation is 4. The maximum Gasteiger partial charge on any atom is 0.244 e. The lowest BCUT2D eigenvalue weighted by Crippen LogP contribution is -2.46. The summed E-state index contributed by atoms with van der Waals surface area (Å²) in [6.07, 6.45) is 1.88. The summed E-state index contributed by atoms with van der Waals surface area (Å²) in [4.78, 5) is 17.4. The number of hydrogen-bond donors (Lipinski definition) is 1. The van der Waals surface area contributed by atoms with Crippen LogP contribution in [-0.2, 0) is 21.2 Å². The van der Waals surface area contributed by atoms with Gasteiger partial charge in [-0.15, -0.1) is 11.3 Å². The van der Waals surface area contributed by atoms with Crippen molar-refractivity contribution < 1.29 is 13.2 Å². The largest absolute Gasteiger partial charge is 0.354 e. The van der Waals surface area contributed by atoms with E-state index in [2.05, 4.69) is 10.3 Å². The lowest BCUT2D eigenvalue weighted by Gasteiger charge is -2.24. The van der Waals surface area contributed by atoms with Crippen LogP contribution in [0, 0.1) is 27.7 Å². The highest BCUT2D eigenvalue weighted by Gasteiger charge is 2.39. The van der Waals surface area contributed by atoms with E-state index >= 15 is 0 Å². The first-order chi connectivity index (χ1) is 13.2. The van der Waals surface area contributed by atoms with Crippen molar-refractivity contribution in [1.82, 2.24) is 14.6 Å². The Hall–Kier alpha value is -1.77. The fraction of sp³-hybridized carbons (Fsp3) is 0.500. The van der Waals surface area contributed by atoms with Gasteiger partial charge in [-0.1, -0.05) is 6.07 Å². The minimum Gasteiger partial charge on any atom is -0.354 e. The Balaban J connectivity index is 1.72. The second kappa shape index (κ2) is 8.31. The van der Waals surface area contributed by atoms with Crippen LogP contribution < -0.4 is 5.32 Å². The van der Waals surface area contributed by atoms with E-state index in [-0.39, 0.29) is 5.91 Å². The normalized spacial score (nSPS) is 17.8. The first-order valence-corrected chi connectivity index (χ1v) is 11.8. The summed E-state index contributed by atoms with van der Waals surface area (Å²) in [6.45, 7) is 8.45. The highest BCUT2D eigenvalue weighted by Crippen LogP contribution is 2.29. The van der Waals surface area contributed by atoms with E-state index < -0.39 is 16.1 Å². The molecular formula is C20H27N3O3S2. The van der Waals surface area contributed by atoms with E-state index in [1.165, 1.54) is 4.31 Å². The second-order valence-electron chi connectivity index (χ2n) is 7.37. The van der Waals surface area contributed by atoms with E-state index in [1.54, 1.807) is 24.3 Å². The van der Waals surface area contributed by atoms with Crippen molar-refractivity contribution in [3.05, 3.63) is 44.9 Å². The Morgan fingerprint density at radius 1 is 1.21 bits per heavy atom. The third-order valence-corrected chi connectivity index (χ3v) is 8.10. The number of nitrogens with one attached hydrogen (secondary N) is 1. The van der Waals surface area contributed by atoms with Crippen LogP contribution in [0.2, 0.25) is 0 Å². The Kier molecular flexibility index (Phi) is 6.21. The van der Waals surface area contributed by atoms with Crippen LogP contribution in [0.5, 0.6) is 0 Å². The molecule has 2 aromatic rings. The molecule has 8 heteroatoms. The Labute approximate surface area is 171 Å². The SMILES string of the molecule is Cc1nc(CCNC(=O)C2CCCN2S(=O)(=O)c2cc(C)c(C)cc2C)cs1. The molecule has 152 valence electrons. The lowest BCUT2D eigenvalue weighted by molar-refractivity contribution is -0.124. The molecule has 0 spiro atoms. The van der Waals surface area contributed by atoms with Crippen molar-refractivity contribution in [2.45, 2.75) is 57.9 Å². The van der Waals surface area contributed by atoms with Crippen LogP contribution in [0.4, 0.5) is 0 Å². The number of sulfonamides is 1. The quantitative estimate of drug-likeness (QED) is 0.778. The third-order valence-electron chi connectivity index (χ3n) is 5.23. The van der Waals surface area contributed by atoms with Crippen molar-refractivity contribution >= 4 is 27.3 Å². The first-order valence-electron chi connectivity index (χ1n) is 9.48. The number of carbonyl (C=O) groups excluding carboxylic acids is 1. The monoisotopic (exact) mass is 421 g/mol. The molecule has 1 unspecified atom stereocenters. The minimum atomic E-state index is -3.71. The van der Waals surface area contributed by atoms with E-state index in [1.807, 2.05) is 32.2 Å². The van der Waals surface area contributed by atoms with Crippen LogP contribution in [-0.4, -0.2) is 42.7 Å². The molecule has 1 saturated heterocycles. The summed E-state index contributed by atoms with van der Waals surface area (Å²) >= 11 is 1.58.